The number of hydrogen-bond donors (Lipinski definition) is 1. The second-order valence-corrected chi connectivity index (χ2v) is 5.25. The van der Waals surface area contributed by atoms with Crippen LogP contribution in [-0.2, 0) is 6.42 Å². The lowest BCUT2D eigenvalue weighted by atomic mass is 10.0. The Hall–Kier alpha value is -2.49. The predicted octanol–water partition coefficient (Wildman–Crippen LogP) is 3.48. The van der Waals surface area contributed by atoms with Crippen LogP contribution in [-0.4, -0.2) is 19.1 Å². The molecule has 1 aliphatic rings. The highest BCUT2D eigenvalue weighted by molar-refractivity contribution is 5.97. The van der Waals surface area contributed by atoms with Crippen LogP contribution >= 0.6 is 0 Å². The fourth-order valence-electron chi connectivity index (χ4n) is 2.78. The summed E-state index contributed by atoms with van der Waals surface area (Å²) in [7, 11) is 0. The summed E-state index contributed by atoms with van der Waals surface area (Å²) >= 11 is 0. The summed E-state index contributed by atoms with van der Waals surface area (Å²) in [6.45, 7) is 3.47. The van der Waals surface area contributed by atoms with E-state index in [1.807, 2.05) is 37.3 Å². The number of anilines is 1. The Morgan fingerprint density at radius 2 is 1.95 bits per heavy atom. The van der Waals surface area contributed by atoms with E-state index in [-0.39, 0.29) is 0 Å². The molecule has 114 valence electrons. The van der Waals surface area contributed by atoms with E-state index in [9.17, 15) is 0 Å². The molecule has 1 aliphatic heterocycles. The van der Waals surface area contributed by atoms with Crippen LogP contribution < -0.4 is 15.4 Å². The zero-order valence-electron chi connectivity index (χ0n) is 12.8. The highest BCUT2D eigenvalue weighted by Crippen LogP contribution is 2.30. The fourth-order valence-corrected chi connectivity index (χ4v) is 2.78. The lowest BCUT2D eigenvalue weighted by Crippen LogP contribution is -2.40. The smallest absolute Gasteiger partial charge is 0.201 e. The fraction of sp³-hybridized carbons (Fsp3) is 0.278. The molecule has 0 aromatic heterocycles. The van der Waals surface area contributed by atoms with E-state index in [4.69, 9.17) is 10.5 Å². The number of rotatable bonds is 3. The van der Waals surface area contributed by atoms with Gasteiger partial charge in [-0.3, -0.25) is 0 Å². The molecule has 2 N–H and O–H groups in total. The molecule has 0 atom stereocenters. The summed E-state index contributed by atoms with van der Waals surface area (Å²) in [4.78, 5) is 6.68. The number of aryl methyl sites for hydroxylation is 1. The van der Waals surface area contributed by atoms with Gasteiger partial charge in [0.05, 0.1) is 6.61 Å². The van der Waals surface area contributed by atoms with Crippen molar-refractivity contribution in [2.24, 2.45) is 10.7 Å². The van der Waals surface area contributed by atoms with Gasteiger partial charge in [0, 0.05) is 12.2 Å². The summed E-state index contributed by atoms with van der Waals surface area (Å²) in [6, 6.07) is 16.1. The van der Waals surface area contributed by atoms with Crippen molar-refractivity contribution < 1.29 is 4.74 Å². The lowest BCUT2D eigenvalue weighted by molar-refractivity contribution is 0.341. The van der Waals surface area contributed by atoms with Gasteiger partial charge in [0.25, 0.3) is 0 Å². The molecule has 3 rings (SSSR count). The quantitative estimate of drug-likeness (QED) is 0.696. The van der Waals surface area contributed by atoms with E-state index in [1.165, 1.54) is 5.56 Å². The van der Waals surface area contributed by atoms with Gasteiger partial charge in [-0.2, -0.15) is 0 Å². The molecule has 22 heavy (non-hydrogen) atoms. The maximum Gasteiger partial charge on any atom is 0.201 e. The second-order valence-electron chi connectivity index (χ2n) is 5.25. The van der Waals surface area contributed by atoms with E-state index in [1.54, 1.807) is 0 Å². The molecule has 0 saturated heterocycles. The van der Waals surface area contributed by atoms with Gasteiger partial charge < -0.3 is 15.4 Å². The molecule has 4 nitrogen and oxygen atoms in total. The Labute approximate surface area is 131 Å². The average molecular weight is 295 g/mol. The zero-order valence-corrected chi connectivity index (χ0v) is 12.8. The third-order valence-electron chi connectivity index (χ3n) is 3.79. The molecule has 2 aromatic rings. The topological polar surface area (TPSA) is 50.9 Å². The molecule has 0 saturated carbocycles. The minimum atomic E-state index is 0.513. The molecule has 0 aliphatic carbocycles. The van der Waals surface area contributed by atoms with Gasteiger partial charge >= 0.3 is 0 Å². The summed E-state index contributed by atoms with van der Waals surface area (Å²) in [5, 5.41) is 0. The van der Waals surface area contributed by atoms with E-state index in [0.29, 0.717) is 12.6 Å². The normalized spacial score (nSPS) is 14.6. The standard InChI is InChI=1S/C18H21N3O/c1-2-22-17-12-6-4-10-15(17)20-18(19)21-13-7-9-14-8-3-5-11-16(14)21/h3-6,8,10-12H,2,7,9,13H2,1H3,(H2,19,20). The number of aliphatic imine (C=N–C) groups is 1. The van der Waals surface area contributed by atoms with E-state index in [2.05, 4.69) is 28.1 Å². The molecule has 0 amide bonds. The third-order valence-corrected chi connectivity index (χ3v) is 3.79. The third kappa shape index (κ3) is 2.91. The maximum absolute atomic E-state index is 6.28. The van der Waals surface area contributed by atoms with Crippen LogP contribution in [0.5, 0.6) is 5.75 Å². The second kappa shape index (κ2) is 6.52. The van der Waals surface area contributed by atoms with Crippen molar-refractivity contribution >= 4 is 17.3 Å². The van der Waals surface area contributed by atoms with Gasteiger partial charge in [-0.25, -0.2) is 4.99 Å². The number of ether oxygens (including phenoxy) is 1. The molecule has 4 heteroatoms. The number of hydrogen-bond acceptors (Lipinski definition) is 2. The van der Waals surface area contributed by atoms with Crippen LogP contribution in [0.1, 0.15) is 18.9 Å². The van der Waals surface area contributed by atoms with Crippen LogP contribution in [0.2, 0.25) is 0 Å². The van der Waals surface area contributed by atoms with Crippen molar-refractivity contribution in [1.29, 1.82) is 0 Å². The van der Waals surface area contributed by atoms with Crippen LogP contribution in [0.3, 0.4) is 0 Å². The first kappa shape index (κ1) is 14.4. The molecule has 1 heterocycles. The highest BCUT2D eigenvalue weighted by atomic mass is 16.5. The van der Waals surface area contributed by atoms with Crippen LogP contribution in [0.15, 0.2) is 53.5 Å². The number of nitrogens with two attached hydrogens (primary N) is 1. The van der Waals surface area contributed by atoms with Crippen molar-refractivity contribution in [2.75, 3.05) is 18.1 Å². The van der Waals surface area contributed by atoms with Crippen molar-refractivity contribution in [3.05, 3.63) is 54.1 Å². The summed E-state index contributed by atoms with van der Waals surface area (Å²) in [5.41, 5.74) is 9.53. The van der Waals surface area contributed by atoms with Crippen molar-refractivity contribution in [3.63, 3.8) is 0 Å². The van der Waals surface area contributed by atoms with Crippen LogP contribution in [0, 0.1) is 0 Å². The Bertz CT molecular complexity index is 682. The molecule has 0 radical (unpaired) electrons. The number of nitrogens with zero attached hydrogens (tertiary/aromatic N) is 2. The van der Waals surface area contributed by atoms with E-state index >= 15 is 0 Å². The molecule has 0 fully saturated rings. The van der Waals surface area contributed by atoms with Gasteiger partial charge in [0.15, 0.2) is 0 Å². The van der Waals surface area contributed by atoms with Crippen molar-refractivity contribution in [2.45, 2.75) is 19.8 Å². The Balaban J connectivity index is 1.93. The van der Waals surface area contributed by atoms with Crippen LogP contribution in [0.4, 0.5) is 11.4 Å². The molecule has 0 unspecified atom stereocenters. The van der Waals surface area contributed by atoms with Gasteiger partial charge in [-0.15, -0.1) is 0 Å². The Morgan fingerprint density at radius 1 is 1.18 bits per heavy atom. The zero-order chi connectivity index (χ0) is 15.4. The summed E-state index contributed by atoms with van der Waals surface area (Å²) in [6.07, 6.45) is 2.18. The van der Waals surface area contributed by atoms with Gasteiger partial charge in [-0.1, -0.05) is 30.3 Å². The minimum Gasteiger partial charge on any atom is -0.492 e. The predicted molar refractivity (Wildman–Crippen MR) is 91.0 cm³/mol. The summed E-state index contributed by atoms with van der Waals surface area (Å²) in [5.74, 6) is 1.28. The maximum atomic E-state index is 6.28. The Morgan fingerprint density at radius 3 is 2.82 bits per heavy atom. The van der Waals surface area contributed by atoms with Crippen molar-refractivity contribution in [3.8, 4) is 5.75 Å². The summed E-state index contributed by atoms with van der Waals surface area (Å²) < 4.78 is 5.61. The number of guanidine groups is 1. The van der Waals surface area contributed by atoms with Crippen LogP contribution in [0.25, 0.3) is 0 Å². The first-order valence-corrected chi connectivity index (χ1v) is 7.71. The molecule has 2 aromatic carbocycles. The molecule has 0 spiro atoms. The monoisotopic (exact) mass is 295 g/mol. The number of fused-ring (bicyclic) bond motifs is 1. The number of para-hydroxylation sites is 3. The minimum absolute atomic E-state index is 0.513. The van der Waals surface area contributed by atoms with E-state index < -0.39 is 0 Å². The van der Waals surface area contributed by atoms with E-state index in [0.717, 1.165) is 36.5 Å². The Kier molecular flexibility index (Phi) is 4.28. The molecular weight excluding hydrogens is 274 g/mol. The van der Waals surface area contributed by atoms with Gasteiger partial charge in [0.1, 0.15) is 11.4 Å². The number of benzene rings is 2. The lowest BCUT2D eigenvalue weighted by Gasteiger charge is -2.30. The average Bonchev–Trinajstić information content (AvgIpc) is 2.56. The first-order chi connectivity index (χ1) is 10.8. The molecule has 0 bridgehead atoms. The van der Waals surface area contributed by atoms with Gasteiger partial charge in [-0.05, 0) is 43.5 Å². The van der Waals surface area contributed by atoms with Gasteiger partial charge in [0.2, 0.25) is 5.96 Å². The SMILES string of the molecule is CCOc1ccccc1N=C(N)N1CCCc2ccccc21. The molecular formula is C18H21N3O. The first-order valence-electron chi connectivity index (χ1n) is 7.71. The van der Waals surface area contributed by atoms with Crippen molar-refractivity contribution in [1.82, 2.24) is 0 Å². The largest absolute Gasteiger partial charge is 0.492 e. The highest BCUT2D eigenvalue weighted by Gasteiger charge is 2.19.